The number of carboxylic acids is 1. The number of benzene rings is 3. The van der Waals surface area contributed by atoms with Gasteiger partial charge in [0, 0.05) is 0 Å². The summed E-state index contributed by atoms with van der Waals surface area (Å²) in [6.45, 7) is 11.6. The van der Waals surface area contributed by atoms with E-state index < -0.39 is 77.3 Å². The van der Waals surface area contributed by atoms with Crippen molar-refractivity contribution in [2.75, 3.05) is 19.0 Å². The summed E-state index contributed by atoms with van der Waals surface area (Å²) in [5, 5.41) is 26.3. The smallest absolute Gasteiger partial charge is 0.413 e. The highest BCUT2D eigenvalue weighted by Crippen LogP contribution is 2.52. The number of hydrogen-bond donors (Lipinski definition) is 3. The van der Waals surface area contributed by atoms with Crippen LogP contribution < -0.4 is 10.1 Å². The molecule has 6 rings (SSSR count). The van der Waals surface area contributed by atoms with E-state index in [1.807, 2.05) is 12.1 Å². The monoisotopic (exact) mass is 880 g/mol. The molecule has 1 aliphatic heterocycles. The van der Waals surface area contributed by atoms with Crippen LogP contribution in [0.4, 0.5) is 19.8 Å². The van der Waals surface area contributed by atoms with Gasteiger partial charge in [-0.2, -0.15) is 0 Å². The molecule has 5 aromatic rings. The largest absolute Gasteiger partial charge is 0.497 e. The lowest BCUT2D eigenvalue weighted by Gasteiger charge is -2.44. The molecule has 0 spiro atoms. The number of nitrogens with zero attached hydrogens (tertiary/aromatic N) is 5. The maximum Gasteiger partial charge on any atom is 0.413 e. The van der Waals surface area contributed by atoms with Gasteiger partial charge in [-0.3, -0.25) is 14.8 Å². The number of anilines is 1. The first-order valence-corrected chi connectivity index (χ1v) is 20.5. The first kappa shape index (κ1) is 46.9. The summed E-state index contributed by atoms with van der Waals surface area (Å²) in [6.07, 6.45) is 4.24. The average Bonchev–Trinajstić information content (AvgIpc) is 3.76. The number of aliphatic carboxylic acids is 1. The van der Waals surface area contributed by atoms with Gasteiger partial charge in [0.25, 0.3) is 5.85 Å². The van der Waals surface area contributed by atoms with Crippen molar-refractivity contribution in [3.8, 4) is 18.1 Å². The molecule has 338 valence electrons. The molecule has 3 heterocycles. The molecule has 3 N–H and O–H groups in total. The number of carboxylic acid groups (broad SMARTS) is 1. The molecular weight excluding hydrogens is 828 g/mol. The fraction of sp³-hybridized carbons (Fsp3) is 0.404. The second kappa shape index (κ2) is 17.9. The van der Waals surface area contributed by atoms with Crippen molar-refractivity contribution < 1.29 is 52.7 Å². The van der Waals surface area contributed by atoms with Crippen LogP contribution in [0.15, 0.2) is 97.6 Å². The number of alkyl halides is 1. The molecule has 2 amide bonds. The number of methoxy groups -OCH3 is 1. The number of carbonyl (C=O) groups excluding carboxylic acids is 2. The van der Waals surface area contributed by atoms with E-state index in [1.54, 1.807) is 114 Å². The number of rotatable bonds is 13. The minimum atomic E-state index is -3.37. The molecule has 0 aliphatic carbocycles. The van der Waals surface area contributed by atoms with Crippen LogP contribution in [-0.4, -0.2) is 101 Å². The van der Waals surface area contributed by atoms with E-state index in [4.69, 9.17) is 30.1 Å². The lowest BCUT2D eigenvalue weighted by molar-refractivity contribution is -0.221. The number of nitrogens with one attached hydrogen (secondary N) is 1. The van der Waals surface area contributed by atoms with E-state index in [0.29, 0.717) is 27.3 Å². The second-order valence-electron chi connectivity index (χ2n) is 17.6. The van der Waals surface area contributed by atoms with Crippen molar-refractivity contribution in [2.45, 2.75) is 102 Å². The Hall–Kier alpha value is -6.61. The number of imidazole rings is 1. The summed E-state index contributed by atoms with van der Waals surface area (Å²) in [4.78, 5) is 54.1. The minimum Gasteiger partial charge on any atom is -0.497 e. The number of carbonyl (C=O) groups is 3. The molecule has 2 aromatic heterocycles. The van der Waals surface area contributed by atoms with Crippen molar-refractivity contribution in [1.82, 2.24) is 24.4 Å². The third-order valence-corrected chi connectivity index (χ3v) is 10.4. The maximum absolute atomic E-state index is 19.2. The number of amides is 2. The Kier molecular flexibility index (Phi) is 13.1. The quantitative estimate of drug-likeness (QED) is 0.0779. The van der Waals surface area contributed by atoms with Gasteiger partial charge in [0.2, 0.25) is 0 Å². The standard InChI is InChI=1S/C47H53FN6O10/c1-11-45(59)39(54(35(29(2)3)38(55)56)42(58)64-44(7,8)9)46(48,62-40(45)53-28-51-34-36(49-27-50-37(34)53)52-41(57)63-43(4,5)6)26-61-47(30-18-14-12-15-19-30,31-20-16-13-17-21-31)32-22-24-33(60-10)25-23-32/h1,12-25,27-29,35,39-40,59H,26H2,2-10H3,(H,55,56)(H,49,50,52,57)/t35?,39-,40+,45+,46?/m0/s1. The van der Waals surface area contributed by atoms with Crippen LogP contribution in [0.3, 0.4) is 0 Å². The molecule has 16 nitrogen and oxygen atoms in total. The first-order valence-electron chi connectivity index (χ1n) is 20.5. The molecule has 2 unspecified atom stereocenters. The maximum atomic E-state index is 19.2. The van der Waals surface area contributed by atoms with E-state index in [9.17, 15) is 24.6 Å². The van der Waals surface area contributed by atoms with Crippen molar-refractivity contribution >= 4 is 35.1 Å². The lowest BCUT2D eigenvalue weighted by atomic mass is 9.79. The van der Waals surface area contributed by atoms with Crippen molar-refractivity contribution in [3.05, 3.63) is 114 Å². The van der Waals surface area contributed by atoms with Crippen LogP contribution in [0.2, 0.25) is 0 Å². The predicted octanol–water partition coefficient (Wildman–Crippen LogP) is 7.46. The third-order valence-electron chi connectivity index (χ3n) is 10.4. The fourth-order valence-electron chi connectivity index (χ4n) is 7.82. The zero-order chi connectivity index (χ0) is 46.8. The van der Waals surface area contributed by atoms with Crippen LogP contribution >= 0.6 is 0 Å². The summed E-state index contributed by atoms with van der Waals surface area (Å²) >= 11 is 0. The number of fused-ring (bicyclic) bond motifs is 1. The molecule has 5 atom stereocenters. The Bertz CT molecular complexity index is 2460. The normalized spacial score (nSPS) is 20.6. The van der Waals surface area contributed by atoms with Crippen LogP contribution in [-0.2, 0) is 29.3 Å². The van der Waals surface area contributed by atoms with Gasteiger partial charge in [0.15, 0.2) is 28.8 Å². The van der Waals surface area contributed by atoms with Crippen LogP contribution in [0.5, 0.6) is 5.75 Å². The Morgan fingerprint density at radius 2 is 1.47 bits per heavy atom. The molecule has 64 heavy (non-hydrogen) atoms. The summed E-state index contributed by atoms with van der Waals surface area (Å²) < 4.78 is 50.2. The van der Waals surface area contributed by atoms with E-state index in [2.05, 4.69) is 26.2 Å². The summed E-state index contributed by atoms with van der Waals surface area (Å²) in [7, 11) is 1.52. The van der Waals surface area contributed by atoms with Gasteiger partial charge in [0.05, 0.1) is 13.4 Å². The SMILES string of the molecule is C#C[C@@]1(O)[C@H](N(C(=O)OC(C)(C)C)C(C(=O)O)C(C)C)C(F)(COC(c2ccccc2)(c2ccccc2)c2ccc(OC)cc2)O[C@H]1n1cnc2c(NC(=O)OC(C)(C)C)ncnc21. The zero-order valence-corrected chi connectivity index (χ0v) is 37.1. The molecule has 1 saturated heterocycles. The highest BCUT2D eigenvalue weighted by Gasteiger charge is 2.70. The summed E-state index contributed by atoms with van der Waals surface area (Å²) in [5.41, 5.74) is -5.21. The number of terminal acetylenes is 1. The molecule has 1 aliphatic rings. The van der Waals surface area contributed by atoms with Crippen LogP contribution in [0.1, 0.15) is 78.3 Å². The number of aliphatic hydroxyl groups is 1. The molecular formula is C47H53FN6O10. The minimum absolute atomic E-state index is 0.0400. The summed E-state index contributed by atoms with van der Waals surface area (Å²) in [6, 6.07) is 20.7. The van der Waals surface area contributed by atoms with Gasteiger partial charge in [-0.25, -0.2) is 33.7 Å². The molecule has 1 fully saturated rings. The van der Waals surface area contributed by atoms with Gasteiger partial charge in [0.1, 0.15) is 47.6 Å². The zero-order valence-electron chi connectivity index (χ0n) is 37.1. The van der Waals surface area contributed by atoms with Crippen LogP contribution in [0, 0.1) is 18.3 Å². The van der Waals surface area contributed by atoms with Crippen molar-refractivity contribution in [1.29, 1.82) is 0 Å². The van der Waals surface area contributed by atoms with E-state index in [-0.39, 0.29) is 17.0 Å². The first-order chi connectivity index (χ1) is 30.1. The molecule has 0 radical (unpaired) electrons. The Morgan fingerprint density at radius 1 is 0.906 bits per heavy atom. The molecule has 17 heteroatoms. The highest BCUT2D eigenvalue weighted by molar-refractivity contribution is 5.93. The molecule has 0 bridgehead atoms. The average molecular weight is 881 g/mol. The highest BCUT2D eigenvalue weighted by atomic mass is 19.2. The number of ether oxygens (including phenoxy) is 5. The van der Waals surface area contributed by atoms with Gasteiger partial charge in [-0.15, -0.1) is 6.42 Å². The molecule has 3 aromatic carbocycles. The van der Waals surface area contributed by atoms with E-state index >= 15 is 4.39 Å². The van der Waals surface area contributed by atoms with Gasteiger partial charge in [-0.05, 0) is 76.3 Å². The topological polar surface area (TPSA) is 197 Å². The number of halogens is 1. The Labute approximate surface area is 370 Å². The predicted molar refractivity (Wildman–Crippen MR) is 233 cm³/mol. The number of hydrogen-bond acceptors (Lipinski definition) is 12. The summed E-state index contributed by atoms with van der Waals surface area (Å²) in [5.74, 6) is -3.15. The van der Waals surface area contributed by atoms with Crippen molar-refractivity contribution in [3.63, 3.8) is 0 Å². The van der Waals surface area contributed by atoms with Crippen molar-refractivity contribution in [2.24, 2.45) is 5.92 Å². The van der Waals surface area contributed by atoms with E-state index in [0.717, 1.165) is 17.2 Å². The van der Waals surface area contributed by atoms with E-state index in [1.165, 1.54) is 21.0 Å². The number of aromatic nitrogens is 4. The van der Waals surface area contributed by atoms with Gasteiger partial charge >= 0.3 is 18.2 Å². The lowest BCUT2D eigenvalue weighted by Crippen LogP contribution is -2.67. The second-order valence-corrected chi connectivity index (χ2v) is 17.6. The fourth-order valence-corrected chi connectivity index (χ4v) is 7.82. The third kappa shape index (κ3) is 9.21. The molecule has 0 saturated carbocycles. The van der Waals surface area contributed by atoms with Gasteiger partial charge < -0.3 is 33.9 Å². The van der Waals surface area contributed by atoms with Crippen LogP contribution in [0.25, 0.3) is 11.2 Å². The Balaban J connectivity index is 1.60. The Morgan fingerprint density at radius 3 is 1.97 bits per heavy atom. The van der Waals surface area contributed by atoms with Gasteiger partial charge in [-0.1, -0.05) is 92.6 Å².